The van der Waals surface area contributed by atoms with Crippen LogP contribution in [0, 0.1) is 5.41 Å². The van der Waals surface area contributed by atoms with Crippen LogP contribution < -0.4 is 10.6 Å². The van der Waals surface area contributed by atoms with Crippen LogP contribution in [0.1, 0.15) is 37.1 Å². The van der Waals surface area contributed by atoms with E-state index in [9.17, 15) is 0 Å². The smallest absolute Gasteiger partial charge is 0.140 e. The van der Waals surface area contributed by atoms with Gasteiger partial charge < -0.3 is 15.4 Å². The van der Waals surface area contributed by atoms with Gasteiger partial charge in [-0.2, -0.15) is 0 Å². The molecule has 1 fully saturated rings. The molecule has 20 heavy (non-hydrogen) atoms. The van der Waals surface area contributed by atoms with Crippen molar-refractivity contribution in [2.45, 2.75) is 45.3 Å². The molecule has 5 heteroatoms. The van der Waals surface area contributed by atoms with Crippen molar-refractivity contribution >= 4 is 11.7 Å². The number of morpholine rings is 1. The second kappa shape index (κ2) is 5.05. The van der Waals surface area contributed by atoms with Crippen LogP contribution in [-0.4, -0.2) is 36.1 Å². The van der Waals surface area contributed by atoms with Gasteiger partial charge in [-0.25, -0.2) is 4.98 Å². The number of nitrogen functional groups attached to an aromatic ring is 1. The summed E-state index contributed by atoms with van der Waals surface area (Å²) in [6, 6.07) is 2.33. The quantitative estimate of drug-likeness (QED) is 0.632. The van der Waals surface area contributed by atoms with Crippen molar-refractivity contribution in [3.8, 4) is 0 Å². The monoisotopic (exact) mass is 274 g/mol. The van der Waals surface area contributed by atoms with Crippen molar-refractivity contribution in [2.75, 3.05) is 18.1 Å². The molecule has 3 rings (SSSR count). The number of amidine groups is 1. The molecule has 0 amide bonds. The number of fused-ring (bicyclic) bond motifs is 1. The van der Waals surface area contributed by atoms with Crippen molar-refractivity contribution in [3.63, 3.8) is 0 Å². The van der Waals surface area contributed by atoms with Crippen LogP contribution in [0.25, 0.3) is 0 Å². The standard InChI is InChI=1S/C15H22N4O/c1-9-8-20-10(2)7-19(9)15-12(14(16)17)6-11-4-3-5-13(11)18-15/h6,9-10H,3-5,7-8H2,1-2H3,(H3,16,17). The Labute approximate surface area is 119 Å². The first-order valence-electron chi connectivity index (χ1n) is 7.31. The number of hydrogen-bond acceptors (Lipinski definition) is 4. The molecule has 1 aliphatic carbocycles. The molecule has 2 heterocycles. The molecule has 0 bridgehead atoms. The first-order valence-corrected chi connectivity index (χ1v) is 7.31. The van der Waals surface area contributed by atoms with E-state index in [1.165, 1.54) is 11.3 Å². The molecule has 3 N–H and O–H groups in total. The summed E-state index contributed by atoms with van der Waals surface area (Å²) in [4.78, 5) is 7.07. The summed E-state index contributed by atoms with van der Waals surface area (Å²) in [5.41, 5.74) is 8.99. The third-order valence-corrected chi connectivity index (χ3v) is 4.20. The molecule has 1 aromatic heterocycles. The van der Waals surface area contributed by atoms with Crippen molar-refractivity contribution < 1.29 is 4.74 Å². The summed E-state index contributed by atoms with van der Waals surface area (Å²) >= 11 is 0. The number of nitrogens with two attached hydrogens (primary N) is 1. The number of anilines is 1. The number of rotatable bonds is 2. The molecule has 1 saturated heterocycles. The molecule has 0 aromatic carbocycles. The van der Waals surface area contributed by atoms with Crippen LogP contribution >= 0.6 is 0 Å². The molecule has 2 unspecified atom stereocenters. The van der Waals surface area contributed by atoms with E-state index in [2.05, 4.69) is 24.8 Å². The molecule has 2 aliphatic rings. The zero-order valence-electron chi connectivity index (χ0n) is 12.1. The topological polar surface area (TPSA) is 75.2 Å². The lowest BCUT2D eigenvalue weighted by atomic mass is 10.1. The van der Waals surface area contributed by atoms with E-state index in [0.717, 1.165) is 37.2 Å². The Bertz CT molecular complexity index is 543. The van der Waals surface area contributed by atoms with Crippen molar-refractivity contribution in [3.05, 3.63) is 22.9 Å². The van der Waals surface area contributed by atoms with Gasteiger partial charge in [-0.3, -0.25) is 5.41 Å². The van der Waals surface area contributed by atoms with Crippen molar-refractivity contribution in [2.24, 2.45) is 5.73 Å². The minimum atomic E-state index is 0.105. The summed E-state index contributed by atoms with van der Waals surface area (Å²) in [6.45, 7) is 5.69. The molecule has 0 spiro atoms. The molecule has 2 atom stereocenters. The van der Waals surface area contributed by atoms with Crippen LogP contribution in [0.3, 0.4) is 0 Å². The number of hydrogen-bond donors (Lipinski definition) is 2. The van der Waals surface area contributed by atoms with E-state index in [1.807, 2.05) is 0 Å². The Hall–Kier alpha value is -1.62. The van der Waals surface area contributed by atoms with Crippen LogP contribution in [0.5, 0.6) is 0 Å². The van der Waals surface area contributed by atoms with Gasteiger partial charge in [-0.15, -0.1) is 0 Å². The predicted molar refractivity (Wildman–Crippen MR) is 79.5 cm³/mol. The van der Waals surface area contributed by atoms with Gasteiger partial charge in [0.2, 0.25) is 0 Å². The third-order valence-electron chi connectivity index (χ3n) is 4.20. The summed E-state index contributed by atoms with van der Waals surface area (Å²) in [5, 5.41) is 7.85. The highest BCUT2D eigenvalue weighted by Gasteiger charge is 2.28. The number of aromatic nitrogens is 1. The SMILES string of the molecule is CC1CN(c2nc3c(cc2C(=N)N)CCC3)C(C)CO1. The molecular formula is C15H22N4O. The van der Waals surface area contributed by atoms with Gasteiger partial charge in [-0.05, 0) is 44.7 Å². The fraction of sp³-hybridized carbons (Fsp3) is 0.600. The molecule has 5 nitrogen and oxygen atoms in total. The van der Waals surface area contributed by atoms with Crippen molar-refractivity contribution in [1.29, 1.82) is 5.41 Å². The lowest BCUT2D eigenvalue weighted by Crippen LogP contribution is -2.48. The maximum absolute atomic E-state index is 7.85. The van der Waals surface area contributed by atoms with E-state index in [1.54, 1.807) is 0 Å². The Balaban J connectivity index is 2.04. The molecule has 0 radical (unpaired) electrons. The minimum Gasteiger partial charge on any atom is -0.384 e. The summed E-state index contributed by atoms with van der Waals surface area (Å²) < 4.78 is 5.68. The van der Waals surface area contributed by atoms with Crippen LogP contribution in [0.2, 0.25) is 0 Å². The molecular weight excluding hydrogens is 252 g/mol. The summed E-state index contributed by atoms with van der Waals surface area (Å²) in [6.07, 6.45) is 3.42. The second-order valence-electron chi connectivity index (χ2n) is 5.88. The molecule has 0 saturated carbocycles. The fourth-order valence-electron chi connectivity index (χ4n) is 3.08. The lowest BCUT2D eigenvalue weighted by Gasteiger charge is -2.38. The summed E-state index contributed by atoms with van der Waals surface area (Å²) in [5.74, 6) is 0.967. The number of ether oxygens (including phenoxy) is 1. The van der Waals surface area contributed by atoms with Gasteiger partial charge in [0.05, 0.1) is 24.3 Å². The zero-order valence-corrected chi connectivity index (χ0v) is 12.1. The van der Waals surface area contributed by atoms with E-state index in [0.29, 0.717) is 6.61 Å². The van der Waals surface area contributed by atoms with Gasteiger partial charge >= 0.3 is 0 Å². The van der Waals surface area contributed by atoms with Crippen LogP contribution in [0.15, 0.2) is 6.07 Å². The maximum Gasteiger partial charge on any atom is 0.140 e. The molecule has 1 aromatic rings. The fourth-order valence-corrected chi connectivity index (χ4v) is 3.08. The number of aryl methyl sites for hydroxylation is 2. The first kappa shape index (κ1) is 13.4. The van der Waals surface area contributed by atoms with Crippen molar-refractivity contribution in [1.82, 2.24) is 4.98 Å². The predicted octanol–water partition coefficient (Wildman–Crippen LogP) is 1.47. The normalized spacial score (nSPS) is 25.6. The average Bonchev–Trinajstić information content (AvgIpc) is 2.87. The Morgan fingerprint density at radius 2 is 2.25 bits per heavy atom. The third kappa shape index (κ3) is 2.26. The van der Waals surface area contributed by atoms with E-state index < -0.39 is 0 Å². The van der Waals surface area contributed by atoms with E-state index in [4.69, 9.17) is 20.9 Å². The van der Waals surface area contributed by atoms with E-state index in [-0.39, 0.29) is 18.0 Å². The summed E-state index contributed by atoms with van der Waals surface area (Å²) in [7, 11) is 0. The Morgan fingerprint density at radius 1 is 1.45 bits per heavy atom. The highest BCUT2D eigenvalue weighted by atomic mass is 16.5. The first-order chi connectivity index (χ1) is 9.56. The zero-order chi connectivity index (χ0) is 14.3. The van der Waals surface area contributed by atoms with Gasteiger partial charge in [0.25, 0.3) is 0 Å². The highest BCUT2D eigenvalue weighted by Crippen LogP contribution is 2.29. The van der Waals surface area contributed by atoms with E-state index >= 15 is 0 Å². The van der Waals surface area contributed by atoms with Gasteiger partial charge in [0.1, 0.15) is 11.7 Å². The number of nitrogens with one attached hydrogen (secondary N) is 1. The largest absolute Gasteiger partial charge is 0.384 e. The highest BCUT2D eigenvalue weighted by molar-refractivity contribution is 6.00. The minimum absolute atomic E-state index is 0.105. The lowest BCUT2D eigenvalue weighted by molar-refractivity contribution is 0.0340. The van der Waals surface area contributed by atoms with Crippen LogP contribution in [0.4, 0.5) is 5.82 Å². The van der Waals surface area contributed by atoms with Gasteiger partial charge in [0.15, 0.2) is 0 Å². The Morgan fingerprint density at radius 3 is 3.00 bits per heavy atom. The van der Waals surface area contributed by atoms with Crippen LogP contribution in [-0.2, 0) is 17.6 Å². The maximum atomic E-state index is 7.85. The number of nitrogens with zero attached hydrogens (tertiary/aromatic N) is 2. The second-order valence-corrected chi connectivity index (χ2v) is 5.88. The Kier molecular flexibility index (Phi) is 3.38. The molecule has 108 valence electrons. The average molecular weight is 274 g/mol. The van der Waals surface area contributed by atoms with Gasteiger partial charge in [-0.1, -0.05) is 0 Å². The van der Waals surface area contributed by atoms with Gasteiger partial charge in [0, 0.05) is 12.2 Å². The molecule has 1 aliphatic heterocycles. The number of pyridine rings is 1.